The third-order valence-electron chi connectivity index (χ3n) is 2.41. The quantitative estimate of drug-likeness (QED) is 0.411. The van der Waals surface area contributed by atoms with Crippen molar-refractivity contribution < 1.29 is 9.47 Å². The molecule has 0 radical (unpaired) electrons. The molecule has 0 saturated carbocycles. The van der Waals surface area contributed by atoms with E-state index in [9.17, 15) is 0 Å². The van der Waals surface area contributed by atoms with Gasteiger partial charge < -0.3 is 9.47 Å². The summed E-state index contributed by atoms with van der Waals surface area (Å²) in [6.07, 6.45) is 4.80. The summed E-state index contributed by atoms with van der Waals surface area (Å²) in [6.45, 7) is 3.40. The Bertz CT molecular complexity index is 224. The molecule has 0 aliphatic carbocycles. The molecule has 0 aromatic rings. The Kier molecular flexibility index (Phi) is 6.09. The van der Waals surface area contributed by atoms with Gasteiger partial charge in [0.25, 0.3) is 0 Å². The molecular formula is C12H19ClO2. The second-order valence-corrected chi connectivity index (χ2v) is 4.21. The maximum Gasteiger partial charge on any atom is 0.166 e. The predicted octanol–water partition coefficient (Wildman–Crippen LogP) is 2.94. The third kappa shape index (κ3) is 5.41. The minimum atomic E-state index is -0.384. The first-order chi connectivity index (χ1) is 7.27. The lowest BCUT2D eigenvalue weighted by Crippen LogP contribution is -2.24. The molecule has 0 atom stereocenters. The molecule has 0 spiro atoms. The number of hydrogen-bond acceptors (Lipinski definition) is 2. The van der Waals surface area contributed by atoms with Crippen molar-refractivity contribution in [3.8, 4) is 11.8 Å². The van der Waals surface area contributed by atoms with Crippen LogP contribution in [0.5, 0.6) is 0 Å². The molecule has 86 valence electrons. The van der Waals surface area contributed by atoms with Crippen molar-refractivity contribution in [1.82, 2.24) is 0 Å². The van der Waals surface area contributed by atoms with E-state index >= 15 is 0 Å². The van der Waals surface area contributed by atoms with Gasteiger partial charge in [-0.3, -0.25) is 0 Å². The van der Waals surface area contributed by atoms with Crippen LogP contribution in [0, 0.1) is 11.8 Å². The molecule has 1 rings (SSSR count). The lowest BCUT2D eigenvalue weighted by atomic mass is 10.1. The third-order valence-corrected chi connectivity index (χ3v) is 2.68. The first-order valence-corrected chi connectivity index (χ1v) is 6.10. The van der Waals surface area contributed by atoms with Crippen LogP contribution in [0.1, 0.15) is 39.0 Å². The lowest BCUT2D eigenvalue weighted by molar-refractivity contribution is -0.145. The number of alkyl halides is 1. The molecule has 15 heavy (non-hydrogen) atoms. The zero-order chi connectivity index (χ0) is 11.0. The van der Waals surface area contributed by atoms with Gasteiger partial charge in [-0.1, -0.05) is 0 Å². The topological polar surface area (TPSA) is 18.5 Å². The standard InChI is InChI=1S/C12H19ClO2/c1-12(14-10-11-15-12)8-6-4-2-3-5-7-9-13/h3,5-11H2,1H3. The second-order valence-electron chi connectivity index (χ2n) is 3.83. The monoisotopic (exact) mass is 230 g/mol. The summed E-state index contributed by atoms with van der Waals surface area (Å²) in [4.78, 5) is 0. The number of ether oxygens (including phenoxy) is 2. The number of hydrogen-bond donors (Lipinski definition) is 0. The Balaban J connectivity index is 2.04. The molecule has 1 heterocycles. The average molecular weight is 231 g/mol. The van der Waals surface area contributed by atoms with Gasteiger partial charge in [0.05, 0.1) is 13.2 Å². The van der Waals surface area contributed by atoms with E-state index in [2.05, 4.69) is 11.8 Å². The first kappa shape index (κ1) is 12.8. The average Bonchev–Trinajstić information content (AvgIpc) is 2.64. The van der Waals surface area contributed by atoms with Gasteiger partial charge in [0, 0.05) is 25.1 Å². The molecule has 1 fully saturated rings. The lowest BCUT2D eigenvalue weighted by Gasteiger charge is -2.20. The van der Waals surface area contributed by atoms with Crippen LogP contribution in [0.3, 0.4) is 0 Å². The Morgan fingerprint density at radius 3 is 2.47 bits per heavy atom. The molecule has 0 aromatic carbocycles. The zero-order valence-corrected chi connectivity index (χ0v) is 10.1. The molecule has 0 aromatic heterocycles. The van der Waals surface area contributed by atoms with Gasteiger partial charge in [-0.2, -0.15) is 0 Å². The van der Waals surface area contributed by atoms with E-state index in [1.54, 1.807) is 0 Å². The maximum absolute atomic E-state index is 5.56. The summed E-state index contributed by atoms with van der Waals surface area (Å²) in [5, 5.41) is 0. The Morgan fingerprint density at radius 2 is 1.80 bits per heavy atom. The van der Waals surface area contributed by atoms with Crippen LogP contribution < -0.4 is 0 Å². The second kappa shape index (κ2) is 7.11. The number of rotatable bonds is 5. The Labute approximate surface area is 97.3 Å². The molecule has 0 unspecified atom stereocenters. The van der Waals surface area contributed by atoms with Crippen molar-refractivity contribution in [3.05, 3.63) is 0 Å². The normalized spacial score (nSPS) is 18.5. The van der Waals surface area contributed by atoms with E-state index in [0.717, 1.165) is 38.0 Å². The Morgan fingerprint density at radius 1 is 1.13 bits per heavy atom. The van der Waals surface area contributed by atoms with Crippen molar-refractivity contribution in [2.75, 3.05) is 19.1 Å². The highest BCUT2D eigenvalue weighted by Gasteiger charge is 2.29. The molecule has 3 heteroatoms. The molecule has 1 aliphatic heterocycles. The SMILES string of the molecule is CC1(CCC#CCCCCCl)OCCO1. The smallest absolute Gasteiger partial charge is 0.166 e. The first-order valence-electron chi connectivity index (χ1n) is 5.56. The van der Waals surface area contributed by atoms with Crippen LogP contribution in [0.2, 0.25) is 0 Å². The zero-order valence-electron chi connectivity index (χ0n) is 9.35. The summed E-state index contributed by atoms with van der Waals surface area (Å²) in [6, 6.07) is 0. The van der Waals surface area contributed by atoms with Gasteiger partial charge in [0.2, 0.25) is 0 Å². The van der Waals surface area contributed by atoms with E-state index in [0.29, 0.717) is 13.2 Å². The van der Waals surface area contributed by atoms with E-state index in [1.807, 2.05) is 6.92 Å². The maximum atomic E-state index is 5.56. The summed E-state index contributed by atoms with van der Waals surface area (Å²) < 4.78 is 11.0. The van der Waals surface area contributed by atoms with Crippen LogP contribution in [-0.2, 0) is 9.47 Å². The fraction of sp³-hybridized carbons (Fsp3) is 0.833. The highest BCUT2D eigenvalue weighted by molar-refractivity contribution is 6.17. The number of halogens is 1. The summed E-state index contributed by atoms with van der Waals surface area (Å²) in [5.74, 6) is 6.64. The van der Waals surface area contributed by atoms with E-state index in [1.165, 1.54) is 0 Å². The molecule has 1 aliphatic rings. The number of unbranched alkanes of at least 4 members (excludes halogenated alkanes) is 2. The van der Waals surface area contributed by atoms with Gasteiger partial charge in [-0.15, -0.1) is 23.4 Å². The van der Waals surface area contributed by atoms with Crippen molar-refractivity contribution in [3.63, 3.8) is 0 Å². The minimum absolute atomic E-state index is 0.384. The fourth-order valence-corrected chi connectivity index (χ4v) is 1.66. The fourth-order valence-electron chi connectivity index (χ4n) is 1.48. The van der Waals surface area contributed by atoms with Gasteiger partial charge >= 0.3 is 0 Å². The molecule has 2 nitrogen and oxygen atoms in total. The molecular weight excluding hydrogens is 212 g/mol. The van der Waals surface area contributed by atoms with Crippen molar-refractivity contribution in [2.45, 2.75) is 44.8 Å². The van der Waals surface area contributed by atoms with Gasteiger partial charge in [0.15, 0.2) is 5.79 Å². The van der Waals surface area contributed by atoms with E-state index < -0.39 is 0 Å². The van der Waals surface area contributed by atoms with Gasteiger partial charge in [0.1, 0.15) is 0 Å². The van der Waals surface area contributed by atoms with Gasteiger partial charge in [-0.25, -0.2) is 0 Å². The van der Waals surface area contributed by atoms with Crippen LogP contribution in [0.25, 0.3) is 0 Å². The largest absolute Gasteiger partial charge is 0.348 e. The van der Waals surface area contributed by atoms with E-state index in [-0.39, 0.29) is 5.79 Å². The predicted molar refractivity (Wildman–Crippen MR) is 61.9 cm³/mol. The summed E-state index contributed by atoms with van der Waals surface area (Å²) >= 11 is 5.56. The van der Waals surface area contributed by atoms with Gasteiger partial charge in [-0.05, 0) is 19.8 Å². The van der Waals surface area contributed by atoms with Crippen molar-refractivity contribution in [2.24, 2.45) is 0 Å². The molecule has 0 N–H and O–H groups in total. The van der Waals surface area contributed by atoms with Crippen LogP contribution in [0.4, 0.5) is 0 Å². The molecule has 0 bridgehead atoms. The summed E-state index contributed by atoms with van der Waals surface area (Å²) in [5.41, 5.74) is 0. The van der Waals surface area contributed by atoms with Crippen LogP contribution >= 0.6 is 11.6 Å². The minimum Gasteiger partial charge on any atom is -0.348 e. The van der Waals surface area contributed by atoms with Crippen LogP contribution in [-0.4, -0.2) is 24.9 Å². The summed E-state index contributed by atoms with van der Waals surface area (Å²) in [7, 11) is 0. The highest BCUT2D eigenvalue weighted by atomic mass is 35.5. The molecule has 1 saturated heterocycles. The van der Waals surface area contributed by atoms with Crippen molar-refractivity contribution >= 4 is 11.6 Å². The highest BCUT2D eigenvalue weighted by Crippen LogP contribution is 2.23. The van der Waals surface area contributed by atoms with Crippen molar-refractivity contribution in [1.29, 1.82) is 0 Å². The van der Waals surface area contributed by atoms with Crippen LogP contribution in [0.15, 0.2) is 0 Å². The van der Waals surface area contributed by atoms with E-state index in [4.69, 9.17) is 21.1 Å². The Hall–Kier alpha value is -0.230. The molecule has 0 amide bonds.